The van der Waals surface area contributed by atoms with E-state index in [9.17, 15) is 9.59 Å². The predicted octanol–water partition coefficient (Wildman–Crippen LogP) is 4.05. The summed E-state index contributed by atoms with van der Waals surface area (Å²) in [6.45, 7) is 0.194. The van der Waals surface area contributed by atoms with Gasteiger partial charge in [0, 0.05) is 5.38 Å². The van der Waals surface area contributed by atoms with E-state index in [1.807, 2.05) is 53.2 Å². The molecule has 1 aromatic carbocycles. The highest BCUT2D eigenvalue weighted by molar-refractivity contribution is 7.20. The van der Waals surface area contributed by atoms with Crippen molar-refractivity contribution in [3.63, 3.8) is 0 Å². The standard InChI is InChI=1S/C21H17N3O4S2/c25-19(11-14-13-30-21(22-14)18-7-4-10-29-18)23-24-20(26)17-9-8-16(28-17)12-27-15-5-2-1-3-6-15/h1-10,13H,11-12H2,(H,23,25)(H,24,26). The Bertz CT molecular complexity index is 1120. The Kier molecular flexibility index (Phi) is 6.21. The van der Waals surface area contributed by atoms with Gasteiger partial charge in [-0.05, 0) is 35.7 Å². The first-order chi connectivity index (χ1) is 14.7. The average Bonchev–Trinajstić information content (AvgIpc) is 3.53. The summed E-state index contributed by atoms with van der Waals surface area (Å²) in [6, 6.07) is 16.4. The Morgan fingerprint density at radius 2 is 1.87 bits per heavy atom. The van der Waals surface area contributed by atoms with E-state index in [2.05, 4.69) is 15.8 Å². The molecule has 2 amide bonds. The molecular weight excluding hydrogens is 422 g/mol. The number of carbonyl (C=O) groups excluding carboxylic acids is 2. The Labute approximate surface area is 180 Å². The predicted molar refractivity (Wildman–Crippen MR) is 114 cm³/mol. The quantitative estimate of drug-likeness (QED) is 0.424. The largest absolute Gasteiger partial charge is 0.486 e. The van der Waals surface area contributed by atoms with Gasteiger partial charge in [-0.25, -0.2) is 4.98 Å². The van der Waals surface area contributed by atoms with Crippen molar-refractivity contribution in [2.45, 2.75) is 13.0 Å². The van der Waals surface area contributed by atoms with Crippen LogP contribution < -0.4 is 15.6 Å². The number of rotatable bonds is 7. The maximum absolute atomic E-state index is 12.2. The van der Waals surface area contributed by atoms with E-state index < -0.39 is 5.91 Å². The van der Waals surface area contributed by atoms with E-state index in [0.717, 1.165) is 9.88 Å². The Morgan fingerprint density at radius 1 is 1.00 bits per heavy atom. The van der Waals surface area contributed by atoms with Crippen LogP contribution in [0.2, 0.25) is 0 Å². The van der Waals surface area contributed by atoms with Crippen LogP contribution in [0.25, 0.3) is 9.88 Å². The molecule has 0 saturated carbocycles. The maximum Gasteiger partial charge on any atom is 0.305 e. The number of aromatic nitrogens is 1. The maximum atomic E-state index is 12.2. The zero-order valence-electron chi connectivity index (χ0n) is 15.7. The summed E-state index contributed by atoms with van der Waals surface area (Å²) < 4.78 is 11.0. The van der Waals surface area contributed by atoms with Gasteiger partial charge in [0.25, 0.3) is 0 Å². The fraction of sp³-hybridized carbons (Fsp3) is 0.0952. The summed E-state index contributed by atoms with van der Waals surface area (Å²) in [7, 11) is 0. The van der Waals surface area contributed by atoms with Gasteiger partial charge < -0.3 is 9.15 Å². The summed E-state index contributed by atoms with van der Waals surface area (Å²) in [5.74, 6) is 0.364. The van der Waals surface area contributed by atoms with Crippen molar-refractivity contribution in [3.05, 3.63) is 82.6 Å². The molecule has 0 fully saturated rings. The molecule has 3 aromatic heterocycles. The van der Waals surface area contributed by atoms with Gasteiger partial charge >= 0.3 is 5.91 Å². The van der Waals surface area contributed by atoms with Gasteiger partial charge in [-0.3, -0.25) is 20.4 Å². The summed E-state index contributed by atoms with van der Waals surface area (Å²) in [4.78, 5) is 29.8. The summed E-state index contributed by atoms with van der Waals surface area (Å²) >= 11 is 3.08. The first-order valence-corrected chi connectivity index (χ1v) is 10.8. The third-order valence-electron chi connectivity index (χ3n) is 3.95. The van der Waals surface area contributed by atoms with Crippen LogP contribution in [0.15, 0.2) is 69.8 Å². The molecule has 7 nitrogen and oxygen atoms in total. The van der Waals surface area contributed by atoms with E-state index in [4.69, 9.17) is 9.15 Å². The summed E-state index contributed by atoms with van der Waals surface area (Å²) in [5.41, 5.74) is 5.37. The molecule has 0 aliphatic carbocycles. The molecule has 30 heavy (non-hydrogen) atoms. The van der Waals surface area contributed by atoms with Gasteiger partial charge in [-0.15, -0.1) is 22.7 Å². The smallest absolute Gasteiger partial charge is 0.305 e. The normalized spacial score (nSPS) is 10.5. The molecule has 0 aliphatic rings. The second-order valence-corrected chi connectivity index (χ2v) is 7.97. The SMILES string of the molecule is O=C(Cc1csc(-c2cccs2)n1)NNC(=O)c1ccc(COc2ccccc2)o1. The van der Waals surface area contributed by atoms with Crippen molar-refractivity contribution in [1.82, 2.24) is 15.8 Å². The van der Waals surface area contributed by atoms with Crippen LogP contribution in [0.5, 0.6) is 5.75 Å². The summed E-state index contributed by atoms with van der Waals surface area (Å²) in [5, 5.41) is 4.69. The topological polar surface area (TPSA) is 93.5 Å². The number of nitrogens with zero attached hydrogens (tertiary/aromatic N) is 1. The molecule has 0 bridgehead atoms. The lowest BCUT2D eigenvalue weighted by Crippen LogP contribution is -2.42. The zero-order valence-corrected chi connectivity index (χ0v) is 17.3. The van der Waals surface area contributed by atoms with E-state index in [1.165, 1.54) is 17.4 Å². The third kappa shape index (κ3) is 5.13. The Balaban J connectivity index is 1.24. The number of benzene rings is 1. The number of amides is 2. The number of para-hydroxylation sites is 1. The molecule has 0 unspecified atom stereocenters. The minimum Gasteiger partial charge on any atom is -0.486 e. The van der Waals surface area contributed by atoms with E-state index >= 15 is 0 Å². The van der Waals surface area contributed by atoms with Gasteiger partial charge in [-0.2, -0.15) is 0 Å². The van der Waals surface area contributed by atoms with E-state index in [1.54, 1.807) is 17.4 Å². The van der Waals surface area contributed by atoms with Crippen molar-refractivity contribution in [3.8, 4) is 15.6 Å². The fourth-order valence-electron chi connectivity index (χ4n) is 2.55. The Morgan fingerprint density at radius 3 is 2.67 bits per heavy atom. The van der Waals surface area contributed by atoms with E-state index in [-0.39, 0.29) is 24.7 Å². The second-order valence-electron chi connectivity index (χ2n) is 6.17. The molecule has 2 N–H and O–H groups in total. The number of nitrogens with one attached hydrogen (secondary N) is 2. The zero-order chi connectivity index (χ0) is 20.8. The molecule has 152 valence electrons. The number of hydrogen-bond donors (Lipinski definition) is 2. The molecule has 4 rings (SSSR count). The minimum atomic E-state index is -0.549. The van der Waals surface area contributed by atoms with Crippen LogP contribution in [0.4, 0.5) is 0 Å². The molecular formula is C21H17N3O4S2. The highest BCUT2D eigenvalue weighted by Gasteiger charge is 2.14. The van der Waals surface area contributed by atoms with Crippen LogP contribution >= 0.6 is 22.7 Å². The number of furan rings is 1. The van der Waals surface area contributed by atoms with Gasteiger partial charge in [-0.1, -0.05) is 24.3 Å². The monoisotopic (exact) mass is 439 g/mol. The van der Waals surface area contributed by atoms with Crippen molar-refractivity contribution >= 4 is 34.5 Å². The minimum absolute atomic E-state index is 0.0659. The van der Waals surface area contributed by atoms with Gasteiger partial charge in [0.05, 0.1) is 17.0 Å². The first kappa shape index (κ1) is 19.9. The van der Waals surface area contributed by atoms with Crippen molar-refractivity contribution in [1.29, 1.82) is 0 Å². The number of thiazole rings is 1. The summed E-state index contributed by atoms with van der Waals surface area (Å²) in [6.07, 6.45) is 0.0659. The molecule has 0 atom stereocenters. The fourth-order valence-corrected chi connectivity index (χ4v) is 4.18. The molecule has 0 radical (unpaired) electrons. The molecule has 0 spiro atoms. The van der Waals surface area contributed by atoms with Gasteiger partial charge in [0.2, 0.25) is 5.91 Å². The van der Waals surface area contributed by atoms with E-state index in [0.29, 0.717) is 17.2 Å². The molecule has 0 aliphatic heterocycles. The van der Waals surface area contributed by atoms with Crippen LogP contribution in [-0.2, 0) is 17.8 Å². The first-order valence-electron chi connectivity index (χ1n) is 9.01. The molecule has 9 heteroatoms. The second kappa shape index (κ2) is 9.38. The lowest BCUT2D eigenvalue weighted by molar-refractivity contribution is -0.121. The number of carbonyl (C=O) groups is 2. The third-order valence-corrected chi connectivity index (χ3v) is 5.88. The number of hydrazine groups is 1. The lowest BCUT2D eigenvalue weighted by Gasteiger charge is -2.05. The number of hydrogen-bond acceptors (Lipinski definition) is 7. The van der Waals surface area contributed by atoms with Crippen molar-refractivity contribution in [2.24, 2.45) is 0 Å². The van der Waals surface area contributed by atoms with Crippen LogP contribution in [-0.4, -0.2) is 16.8 Å². The van der Waals surface area contributed by atoms with Gasteiger partial charge in [0.15, 0.2) is 5.76 Å². The Hall–Kier alpha value is -3.43. The average molecular weight is 440 g/mol. The van der Waals surface area contributed by atoms with Crippen LogP contribution in [0.1, 0.15) is 22.0 Å². The van der Waals surface area contributed by atoms with Crippen molar-refractivity contribution in [2.75, 3.05) is 0 Å². The lowest BCUT2D eigenvalue weighted by atomic mass is 10.3. The van der Waals surface area contributed by atoms with Crippen LogP contribution in [0, 0.1) is 0 Å². The molecule has 3 heterocycles. The van der Waals surface area contributed by atoms with Crippen molar-refractivity contribution < 1.29 is 18.7 Å². The molecule has 4 aromatic rings. The highest BCUT2D eigenvalue weighted by Crippen LogP contribution is 2.27. The number of thiophene rings is 1. The number of ether oxygens (including phenoxy) is 1. The van der Waals surface area contributed by atoms with Crippen LogP contribution in [0.3, 0.4) is 0 Å². The molecule has 0 saturated heterocycles. The highest BCUT2D eigenvalue weighted by atomic mass is 32.1. The van der Waals surface area contributed by atoms with Gasteiger partial charge in [0.1, 0.15) is 23.1 Å².